The van der Waals surface area contributed by atoms with Crippen LogP contribution in [0.15, 0.2) is 36.4 Å². The highest BCUT2D eigenvalue weighted by Crippen LogP contribution is 2.28. The van der Waals surface area contributed by atoms with Gasteiger partial charge >= 0.3 is 0 Å². The van der Waals surface area contributed by atoms with Gasteiger partial charge in [-0.1, -0.05) is 12.1 Å². The van der Waals surface area contributed by atoms with E-state index in [9.17, 15) is 0 Å². The van der Waals surface area contributed by atoms with Gasteiger partial charge in [0.05, 0.1) is 40.9 Å². The maximum atomic E-state index is 8.49. The molecule has 0 saturated heterocycles. The average Bonchev–Trinajstić information content (AvgIpc) is 2.68. The average molecular weight is 358 g/mol. The number of nitrogens with two attached hydrogens (primary N) is 1. The van der Waals surface area contributed by atoms with Gasteiger partial charge in [0, 0.05) is 0 Å². The third-order valence-corrected chi connectivity index (χ3v) is 3.61. The summed E-state index contributed by atoms with van der Waals surface area (Å²) >= 11 is 0. The second-order valence-corrected chi connectivity index (χ2v) is 5.25. The highest BCUT2D eigenvalue weighted by molar-refractivity contribution is 5.44. The minimum atomic E-state index is 0.389. The second-order valence-electron chi connectivity index (χ2n) is 5.25. The third kappa shape index (κ3) is 6.19. The van der Waals surface area contributed by atoms with Gasteiger partial charge in [0.15, 0.2) is 23.0 Å². The van der Waals surface area contributed by atoms with Crippen molar-refractivity contribution in [2.45, 2.75) is 12.8 Å². The molecular formula is C20H26N2O4. The molecule has 0 unspecified atom stereocenters. The largest absolute Gasteiger partial charge is 0.493 e. The van der Waals surface area contributed by atoms with Crippen LogP contribution in [0.1, 0.15) is 11.1 Å². The standard InChI is InChI=1S/C10H15NO2.C10H11NO2/c2*1-12-9-4-3-8(5-6-11)7-10(9)13-2/h3-4,7H,5-6,11H2,1-2H3;3-4,7H,5H2,1-2H3. The summed E-state index contributed by atoms with van der Waals surface area (Å²) < 4.78 is 20.4. The molecule has 2 rings (SSSR count). The molecule has 0 spiro atoms. The van der Waals surface area contributed by atoms with E-state index in [1.165, 1.54) is 5.56 Å². The van der Waals surface area contributed by atoms with E-state index in [1.807, 2.05) is 30.3 Å². The van der Waals surface area contributed by atoms with Crippen molar-refractivity contribution < 1.29 is 18.9 Å². The van der Waals surface area contributed by atoms with Crippen LogP contribution in [-0.4, -0.2) is 35.0 Å². The fraction of sp³-hybridized carbons (Fsp3) is 0.350. The number of hydrogen-bond donors (Lipinski definition) is 1. The van der Waals surface area contributed by atoms with E-state index in [4.69, 9.17) is 29.9 Å². The molecule has 2 N–H and O–H groups in total. The minimum Gasteiger partial charge on any atom is -0.493 e. The third-order valence-electron chi connectivity index (χ3n) is 3.61. The summed E-state index contributed by atoms with van der Waals surface area (Å²) in [6, 6.07) is 13.4. The molecule has 0 aliphatic carbocycles. The van der Waals surface area contributed by atoms with Crippen molar-refractivity contribution in [3.8, 4) is 29.1 Å². The van der Waals surface area contributed by atoms with Crippen molar-refractivity contribution in [2.24, 2.45) is 5.73 Å². The van der Waals surface area contributed by atoms with Crippen molar-refractivity contribution in [3.63, 3.8) is 0 Å². The monoisotopic (exact) mass is 358 g/mol. The van der Waals surface area contributed by atoms with E-state index < -0.39 is 0 Å². The Morgan fingerprint density at radius 3 is 1.65 bits per heavy atom. The van der Waals surface area contributed by atoms with Crippen molar-refractivity contribution in [3.05, 3.63) is 47.5 Å². The van der Waals surface area contributed by atoms with Crippen LogP contribution in [0.2, 0.25) is 0 Å². The molecule has 0 radical (unpaired) electrons. The Balaban J connectivity index is 0.000000260. The van der Waals surface area contributed by atoms with Gasteiger partial charge in [-0.15, -0.1) is 0 Å². The van der Waals surface area contributed by atoms with Gasteiger partial charge < -0.3 is 24.7 Å². The highest BCUT2D eigenvalue weighted by Gasteiger charge is 2.04. The predicted octanol–water partition coefficient (Wildman–Crippen LogP) is 2.97. The van der Waals surface area contributed by atoms with Crippen LogP contribution in [0, 0.1) is 11.3 Å². The number of nitriles is 1. The molecule has 140 valence electrons. The zero-order valence-electron chi connectivity index (χ0n) is 15.7. The molecule has 2 aromatic rings. The Kier molecular flexibility index (Phi) is 9.44. The predicted molar refractivity (Wildman–Crippen MR) is 101 cm³/mol. The van der Waals surface area contributed by atoms with Crippen molar-refractivity contribution in [2.75, 3.05) is 35.0 Å². The summed E-state index contributed by atoms with van der Waals surface area (Å²) in [5.41, 5.74) is 7.55. The van der Waals surface area contributed by atoms with E-state index in [1.54, 1.807) is 34.5 Å². The number of benzene rings is 2. The maximum absolute atomic E-state index is 8.49. The Hall–Kier alpha value is -2.91. The fourth-order valence-corrected chi connectivity index (χ4v) is 2.28. The van der Waals surface area contributed by atoms with Crippen LogP contribution in [0.5, 0.6) is 23.0 Å². The molecule has 0 aliphatic heterocycles. The van der Waals surface area contributed by atoms with Crippen molar-refractivity contribution >= 4 is 0 Å². The molecule has 0 heterocycles. The number of hydrogen-bond acceptors (Lipinski definition) is 6. The molecule has 2 aromatic carbocycles. The first-order chi connectivity index (χ1) is 12.6. The van der Waals surface area contributed by atoms with Gasteiger partial charge in [-0.2, -0.15) is 5.26 Å². The number of methoxy groups -OCH3 is 4. The summed E-state index contributed by atoms with van der Waals surface area (Å²) in [6.07, 6.45) is 1.25. The molecule has 6 nitrogen and oxygen atoms in total. The Labute approximate surface area is 155 Å². The maximum Gasteiger partial charge on any atom is 0.161 e. The van der Waals surface area contributed by atoms with Gasteiger partial charge in [-0.25, -0.2) is 0 Å². The van der Waals surface area contributed by atoms with E-state index in [0.717, 1.165) is 23.5 Å². The van der Waals surface area contributed by atoms with E-state index >= 15 is 0 Å². The molecular weight excluding hydrogens is 332 g/mol. The van der Waals surface area contributed by atoms with Gasteiger partial charge in [-0.3, -0.25) is 0 Å². The van der Waals surface area contributed by atoms with Gasteiger partial charge in [0.25, 0.3) is 0 Å². The lowest BCUT2D eigenvalue weighted by Crippen LogP contribution is -2.03. The Bertz CT molecular complexity index is 726. The first-order valence-electron chi connectivity index (χ1n) is 8.12. The summed E-state index contributed by atoms with van der Waals surface area (Å²) in [5.74, 6) is 2.86. The zero-order valence-corrected chi connectivity index (χ0v) is 15.7. The molecule has 0 aromatic heterocycles. The van der Waals surface area contributed by atoms with Crippen LogP contribution in [0.4, 0.5) is 0 Å². The molecule has 0 atom stereocenters. The van der Waals surface area contributed by atoms with Crippen LogP contribution in [-0.2, 0) is 12.8 Å². The van der Waals surface area contributed by atoms with E-state index in [2.05, 4.69) is 6.07 Å². The van der Waals surface area contributed by atoms with Gasteiger partial charge in [-0.05, 0) is 48.4 Å². The van der Waals surface area contributed by atoms with Crippen LogP contribution in [0.3, 0.4) is 0 Å². The van der Waals surface area contributed by atoms with Crippen LogP contribution in [0.25, 0.3) is 0 Å². The SMILES string of the molecule is COc1ccc(CC#N)cc1OC.COc1ccc(CCN)cc1OC. The molecule has 6 heteroatoms. The second kappa shape index (κ2) is 11.6. The smallest absolute Gasteiger partial charge is 0.161 e. The number of nitrogens with zero attached hydrogens (tertiary/aromatic N) is 1. The summed E-state index contributed by atoms with van der Waals surface area (Å²) in [5, 5.41) is 8.49. The lowest BCUT2D eigenvalue weighted by atomic mass is 10.1. The van der Waals surface area contributed by atoms with E-state index in [0.29, 0.717) is 24.5 Å². The lowest BCUT2D eigenvalue weighted by molar-refractivity contribution is 0.354. The Morgan fingerprint density at radius 2 is 1.23 bits per heavy atom. The minimum absolute atomic E-state index is 0.389. The summed E-state index contributed by atoms with van der Waals surface area (Å²) in [6.45, 7) is 0.648. The van der Waals surface area contributed by atoms with Crippen molar-refractivity contribution in [1.82, 2.24) is 0 Å². The Morgan fingerprint density at radius 1 is 0.769 bits per heavy atom. The number of rotatable bonds is 7. The molecule has 0 aliphatic rings. The van der Waals surface area contributed by atoms with E-state index in [-0.39, 0.29) is 0 Å². The summed E-state index contributed by atoms with van der Waals surface area (Å²) in [7, 11) is 6.42. The molecule has 0 amide bonds. The first-order valence-corrected chi connectivity index (χ1v) is 8.12. The van der Waals surface area contributed by atoms with Crippen LogP contribution >= 0.6 is 0 Å². The van der Waals surface area contributed by atoms with Crippen molar-refractivity contribution in [1.29, 1.82) is 5.26 Å². The van der Waals surface area contributed by atoms with Crippen LogP contribution < -0.4 is 24.7 Å². The lowest BCUT2D eigenvalue weighted by Gasteiger charge is -2.08. The summed E-state index contributed by atoms with van der Waals surface area (Å²) in [4.78, 5) is 0. The number of ether oxygens (including phenoxy) is 4. The molecule has 0 fully saturated rings. The molecule has 0 bridgehead atoms. The quantitative estimate of drug-likeness (QED) is 0.819. The highest BCUT2D eigenvalue weighted by atomic mass is 16.5. The normalized spacial score (nSPS) is 9.38. The topological polar surface area (TPSA) is 86.7 Å². The molecule has 26 heavy (non-hydrogen) atoms. The zero-order chi connectivity index (χ0) is 19.4. The fourth-order valence-electron chi connectivity index (χ4n) is 2.28. The first kappa shape index (κ1) is 21.1. The van der Waals surface area contributed by atoms with Gasteiger partial charge in [0.1, 0.15) is 0 Å². The van der Waals surface area contributed by atoms with Gasteiger partial charge in [0.2, 0.25) is 0 Å². The molecule has 0 saturated carbocycles.